The van der Waals surface area contributed by atoms with E-state index in [9.17, 15) is 30.2 Å². The number of rotatable bonds is 5. The average Bonchev–Trinajstić information content (AvgIpc) is 3.32. The lowest BCUT2D eigenvalue weighted by atomic mass is 9.49. The van der Waals surface area contributed by atoms with Crippen molar-refractivity contribution in [2.45, 2.75) is 140 Å². The summed E-state index contributed by atoms with van der Waals surface area (Å²) in [5, 5.41) is 46.0. The van der Waals surface area contributed by atoms with Gasteiger partial charge in [0.15, 0.2) is 11.7 Å². The van der Waals surface area contributed by atoms with Crippen molar-refractivity contribution in [3.05, 3.63) is 0 Å². The Kier molecular flexibility index (Phi) is 7.40. The van der Waals surface area contributed by atoms with E-state index < -0.39 is 70.1 Å². The van der Waals surface area contributed by atoms with Gasteiger partial charge in [-0.1, -0.05) is 20.8 Å². The molecule has 0 aromatic rings. The van der Waals surface area contributed by atoms with Gasteiger partial charge >= 0.3 is 11.9 Å². The Morgan fingerprint density at radius 1 is 1.00 bits per heavy atom. The molecule has 0 aromatic carbocycles. The van der Waals surface area contributed by atoms with Gasteiger partial charge in [-0.2, -0.15) is 0 Å². The standard InChI is InChI=1S/C34H53NO10/c1-7-31(5,38)29(37)43-24-12-13-30(4)28-27(42-18(3)36)26(44-41)25-19-9-10-22-21(20(19)14-33(25,30)45-34(24,28)40)16-35-15-17(2)8-11-23(35)32(22,6)39/h17,19-28,38-41H,7-16H2,1-6H3. The first kappa shape index (κ1) is 32.2. The van der Waals surface area contributed by atoms with Gasteiger partial charge in [0, 0.05) is 37.4 Å². The van der Waals surface area contributed by atoms with Crippen molar-refractivity contribution in [2.75, 3.05) is 13.1 Å². The number of esters is 2. The van der Waals surface area contributed by atoms with E-state index in [-0.39, 0.29) is 36.1 Å². The molecule has 1 spiro atoms. The molecule has 16 atom stereocenters. The molecule has 4 saturated carbocycles. The van der Waals surface area contributed by atoms with E-state index in [1.54, 1.807) is 6.92 Å². The van der Waals surface area contributed by atoms with E-state index >= 15 is 0 Å². The average molecular weight is 636 g/mol. The van der Waals surface area contributed by atoms with Crippen molar-refractivity contribution < 1.29 is 49.3 Å². The highest BCUT2D eigenvalue weighted by molar-refractivity contribution is 5.78. The van der Waals surface area contributed by atoms with Crippen LogP contribution >= 0.6 is 0 Å². The zero-order chi connectivity index (χ0) is 32.5. The second-order valence-corrected chi connectivity index (χ2v) is 16.6. The van der Waals surface area contributed by atoms with Crippen molar-refractivity contribution in [2.24, 2.45) is 46.8 Å². The fourth-order valence-corrected chi connectivity index (χ4v) is 12.3. The van der Waals surface area contributed by atoms with E-state index in [1.807, 2.05) is 6.92 Å². The molecule has 4 aliphatic carbocycles. The van der Waals surface area contributed by atoms with Crippen LogP contribution in [0.5, 0.6) is 0 Å². The number of piperidine rings is 2. The monoisotopic (exact) mass is 635 g/mol. The molecule has 0 aromatic heterocycles. The zero-order valence-corrected chi connectivity index (χ0v) is 27.6. The molecule has 3 heterocycles. The predicted octanol–water partition coefficient (Wildman–Crippen LogP) is 2.88. The summed E-state index contributed by atoms with van der Waals surface area (Å²) in [7, 11) is 0. The lowest BCUT2D eigenvalue weighted by Gasteiger charge is -2.60. The van der Waals surface area contributed by atoms with Crippen LogP contribution in [0.3, 0.4) is 0 Å². The van der Waals surface area contributed by atoms with Crippen LogP contribution in [0.2, 0.25) is 0 Å². The number of aliphatic hydroxyl groups is 3. The summed E-state index contributed by atoms with van der Waals surface area (Å²) in [6, 6.07) is 0.135. The number of nitrogens with zero attached hydrogens (tertiary/aromatic N) is 1. The minimum Gasteiger partial charge on any atom is -0.459 e. The lowest BCUT2D eigenvalue weighted by molar-refractivity contribution is -0.342. The van der Waals surface area contributed by atoms with Crippen LogP contribution in [-0.4, -0.2) is 97.4 Å². The summed E-state index contributed by atoms with van der Waals surface area (Å²) < 4.78 is 18.8. The minimum atomic E-state index is -2.03. The number of hydrogen-bond acceptors (Lipinski definition) is 11. The van der Waals surface area contributed by atoms with Crippen LogP contribution in [0.1, 0.15) is 92.9 Å². The molecule has 3 saturated heterocycles. The van der Waals surface area contributed by atoms with Gasteiger partial charge in [0.25, 0.3) is 0 Å². The van der Waals surface area contributed by atoms with E-state index in [0.29, 0.717) is 25.2 Å². The normalized spacial score (nSPS) is 54.6. The maximum atomic E-state index is 13.1. The van der Waals surface area contributed by atoms with Gasteiger partial charge in [-0.3, -0.25) is 15.0 Å². The van der Waals surface area contributed by atoms with Gasteiger partial charge in [0.05, 0.1) is 17.1 Å². The molecular formula is C34H53NO10. The molecule has 4 bridgehead atoms. The molecular weight excluding hydrogens is 582 g/mol. The van der Waals surface area contributed by atoms with Gasteiger partial charge in [0.1, 0.15) is 12.2 Å². The van der Waals surface area contributed by atoms with Crippen LogP contribution in [0, 0.1) is 46.8 Å². The molecule has 7 rings (SSSR count). The second kappa shape index (κ2) is 10.3. The first-order chi connectivity index (χ1) is 21.1. The molecule has 254 valence electrons. The molecule has 11 heteroatoms. The fourth-order valence-electron chi connectivity index (χ4n) is 12.3. The van der Waals surface area contributed by atoms with E-state index in [2.05, 4.69) is 18.7 Å². The Bertz CT molecular complexity index is 1230. The van der Waals surface area contributed by atoms with Crippen molar-refractivity contribution in [3.8, 4) is 0 Å². The Morgan fingerprint density at radius 3 is 2.40 bits per heavy atom. The SMILES string of the molecule is CCC(C)(O)C(=O)OC1CCC2(C)C3C(OC(C)=O)C(OO)C4C5CCC6C(CN7CC(C)CCC7C6(C)O)C5CC42OC13O. The van der Waals surface area contributed by atoms with Gasteiger partial charge in [-0.05, 0) is 94.8 Å². The zero-order valence-electron chi connectivity index (χ0n) is 27.6. The van der Waals surface area contributed by atoms with Crippen LogP contribution in [0.15, 0.2) is 0 Å². The molecule has 7 fully saturated rings. The third-order valence-corrected chi connectivity index (χ3v) is 14.4. The Hall–Kier alpha value is -1.34. The maximum absolute atomic E-state index is 13.1. The topological polar surface area (TPSA) is 155 Å². The fraction of sp³-hybridized carbons (Fsp3) is 0.941. The van der Waals surface area contributed by atoms with Gasteiger partial charge in [-0.15, -0.1) is 0 Å². The maximum Gasteiger partial charge on any atom is 0.338 e. The largest absolute Gasteiger partial charge is 0.459 e. The van der Waals surface area contributed by atoms with E-state index in [1.165, 1.54) is 13.8 Å². The van der Waals surface area contributed by atoms with Crippen LogP contribution < -0.4 is 0 Å². The first-order valence-corrected chi connectivity index (χ1v) is 17.4. The molecule has 7 aliphatic rings. The minimum absolute atomic E-state index is 0.0403. The molecule has 45 heavy (non-hydrogen) atoms. The van der Waals surface area contributed by atoms with Gasteiger partial charge in [0.2, 0.25) is 5.79 Å². The van der Waals surface area contributed by atoms with Crippen LogP contribution in [-0.2, 0) is 28.7 Å². The molecule has 16 unspecified atom stereocenters. The summed E-state index contributed by atoms with van der Waals surface area (Å²) in [6.45, 7) is 12.6. The highest BCUT2D eigenvalue weighted by atomic mass is 17.1. The number of hydrogen-bond donors (Lipinski definition) is 4. The summed E-state index contributed by atoms with van der Waals surface area (Å²) in [5.74, 6) is -3.68. The number of ether oxygens (including phenoxy) is 3. The van der Waals surface area contributed by atoms with Crippen molar-refractivity contribution in [3.63, 3.8) is 0 Å². The summed E-state index contributed by atoms with van der Waals surface area (Å²) >= 11 is 0. The Balaban J connectivity index is 1.30. The third-order valence-electron chi connectivity index (χ3n) is 14.4. The van der Waals surface area contributed by atoms with Crippen LogP contribution in [0.4, 0.5) is 0 Å². The van der Waals surface area contributed by atoms with Gasteiger partial charge in [-0.25, -0.2) is 9.68 Å². The first-order valence-electron chi connectivity index (χ1n) is 17.4. The number of carbonyl (C=O) groups excluding carboxylic acids is 2. The van der Waals surface area contributed by atoms with Gasteiger partial charge < -0.3 is 29.5 Å². The highest BCUT2D eigenvalue weighted by Gasteiger charge is 2.85. The Morgan fingerprint density at radius 2 is 1.73 bits per heavy atom. The van der Waals surface area contributed by atoms with Crippen molar-refractivity contribution in [1.29, 1.82) is 0 Å². The lowest BCUT2D eigenvalue weighted by Crippen LogP contribution is -2.68. The van der Waals surface area contributed by atoms with Crippen LogP contribution in [0.25, 0.3) is 0 Å². The van der Waals surface area contributed by atoms with Crippen molar-refractivity contribution in [1.82, 2.24) is 4.90 Å². The molecule has 0 radical (unpaired) electrons. The number of fused-ring (bicyclic) bond motifs is 5. The second-order valence-electron chi connectivity index (χ2n) is 16.6. The highest BCUT2D eigenvalue weighted by Crippen LogP contribution is 2.77. The molecule has 4 N–H and O–H groups in total. The Labute approximate surface area is 265 Å². The predicted molar refractivity (Wildman–Crippen MR) is 159 cm³/mol. The summed E-state index contributed by atoms with van der Waals surface area (Å²) in [4.78, 5) is 33.5. The molecule has 3 aliphatic heterocycles. The summed E-state index contributed by atoms with van der Waals surface area (Å²) in [5.41, 5.74) is -4.22. The quantitative estimate of drug-likeness (QED) is 0.200. The van der Waals surface area contributed by atoms with Crippen molar-refractivity contribution >= 4 is 11.9 Å². The smallest absolute Gasteiger partial charge is 0.338 e. The van der Waals surface area contributed by atoms with E-state index in [0.717, 1.165) is 38.8 Å². The molecule has 0 amide bonds. The third kappa shape index (κ3) is 4.20. The molecule has 11 nitrogen and oxygen atoms in total. The summed E-state index contributed by atoms with van der Waals surface area (Å²) in [6.07, 6.45) is 2.19. The number of carbonyl (C=O) groups is 2. The van der Waals surface area contributed by atoms with E-state index in [4.69, 9.17) is 19.1 Å².